The second-order valence-electron chi connectivity index (χ2n) is 6.07. The summed E-state index contributed by atoms with van der Waals surface area (Å²) < 4.78 is 0. The van der Waals surface area contributed by atoms with E-state index in [9.17, 15) is 0 Å². The van der Waals surface area contributed by atoms with Crippen LogP contribution >= 0.6 is 0 Å². The highest BCUT2D eigenvalue weighted by Crippen LogP contribution is 2.19. The molecule has 2 aliphatic rings. The standard InChI is InChI=1S/C14H29N3/c1-16-9-4-13(5-10-16)3-8-15-14-6-11-17(2)12-7-14/h13-15H,3-12H2,1-2H3. The van der Waals surface area contributed by atoms with E-state index in [1.54, 1.807) is 0 Å². The van der Waals surface area contributed by atoms with E-state index in [2.05, 4.69) is 29.2 Å². The molecule has 17 heavy (non-hydrogen) atoms. The predicted octanol–water partition coefficient (Wildman–Crippen LogP) is 1.40. The molecule has 2 aliphatic heterocycles. The van der Waals surface area contributed by atoms with Gasteiger partial charge in [0.15, 0.2) is 0 Å². The Hall–Kier alpha value is -0.120. The van der Waals surface area contributed by atoms with E-state index < -0.39 is 0 Å². The first-order valence-corrected chi connectivity index (χ1v) is 7.34. The number of hydrogen-bond acceptors (Lipinski definition) is 3. The maximum atomic E-state index is 3.76. The molecule has 3 heteroatoms. The topological polar surface area (TPSA) is 18.5 Å². The molecular formula is C14H29N3. The van der Waals surface area contributed by atoms with E-state index in [0.717, 1.165) is 12.0 Å². The number of likely N-dealkylation sites (tertiary alicyclic amines) is 2. The Morgan fingerprint density at radius 2 is 1.41 bits per heavy atom. The highest BCUT2D eigenvalue weighted by molar-refractivity contribution is 4.77. The molecule has 0 amide bonds. The predicted molar refractivity (Wildman–Crippen MR) is 73.4 cm³/mol. The van der Waals surface area contributed by atoms with Gasteiger partial charge in [0.1, 0.15) is 0 Å². The second kappa shape index (κ2) is 6.72. The molecule has 0 bridgehead atoms. The quantitative estimate of drug-likeness (QED) is 0.800. The van der Waals surface area contributed by atoms with Crippen molar-refractivity contribution in [2.24, 2.45) is 5.92 Å². The van der Waals surface area contributed by atoms with Crippen molar-refractivity contribution in [1.29, 1.82) is 0 Å². The molecule has 0 radical (unpaired) electrons. The monoisotopic (exact) mass is 239 g/mol. The van der Waals surface area contributed by atoms with Gasteiger partial charge in [0.2, 0.25) is 0 Å². The lowest BCUT2D eigenvalue weighted by molar-refractivity contribution is 0.203. The molecule has 2 rings (SSSR count). The Balaban J connectivity index is 1.54. The van der Waals surface area contributed by atoms with Gasteiger partial charge in [-0.3, -0.25) is 0 Å². The van der Waals surface area contributed by atoms with Crippen LogP contribution in [0, 0.1) is 5.92 Å². The van der Waals surface area contributed by atoms with Crippen molar-refractivity contribution in [3.63, 3.8) is 0 Å². The smallest absolute Gasteiger partial charge is 0.00914 e. The highest BCUT2D eigenvalue weighted by Gasteiger charge is 2.18. The first-order valence-electron chi connectivity index (χ1n) is 7.34. The van der Waals surface area contributed by atoms with Gasteiger partial charge in [0, 0.05) is 6.04 Å². The van der Waals surface area contributed by atoms with Gasteiger partial charge in [-0.25, -0.2) is 0 Å². The third-order valence-electron chi connectivity index (χ3n) is 4.54. The fraction of sp³-hybridized carbons (Fsp3) is 1.00. The molecule has 0 unspecified atom stereocenters. The fourth-order valence-electron chi connectivity index (χ4n) is 3.06. The molecule has 0 atom stereocenters. The maximum Gasteiger partial charge on any atom is 0.00914 e. The molecule has 3 nitrogen and oxygen atoms in total. The first kappa shape index (κ1) is 13.3. The number of nitrogens with one attached hydrogen (secondary N) is 1. The molecule has 0 spiro atoms. The molecule has 0 aromatic carbocycles. The minimum Gasteiger partial charge on any atom is -0.314 e. The van der Waals surface area contributed by atoms with Crippen LogP contribution in [0.15, 0.2) is 0 Å². The summed E-state index contributed by atoms with van der Waals surface area (Å²) in [4.78, 5) is 4.90. The van der Waals surface area contributed by atoms with E-state index in [4.69, 9.17) is 0 Å². The van der Waals surface area contributed by atoms with Gasteiger partial charge >= 0.3 is 0 Å². The summed E-state index contributed by atoms with van der Waals surface area (Å²) in [7, 11) is 4.47. The summed E-state index contributed by atoms with van der Waals surface area (Å²) in [6.45, 7) is 6.39. The Labute approximate surface area is 107 Å². The SMILES string of the molecule is CN1CCC(CCNC2CCN(C)CC2)CC1. The van der Waals surface area contributed by atoms with Gasteiger partial charge in [-0.05, 0) is 84.8 Å². The van der Waals surface area contributed by atoms with Gasteiger partial charge in [0.05, 0.1) is 0 Å². The van der Waals surface area contributed by atoms with Crippen molar-refractivity contribution < 1.29 is 0 Å². The molecule has 2 fully saturated rings. The zero-order chi connectivity index (χ0) is 12.1. The Morgan fingerprint density at radius 1 is 0.882 bits per heavy atom. The summed E-state index contributed by atoms with van der Waals surface area (Å²) >= 11 is 0. The molecule has 2 saturated heterocycles. The fourth-order valence-corrected chi connectivity index (χ4v) is 3.06. The average Bonchev–Trinajstić information content (AvgIpc) is 2.34. The third-order valence-corrected chi connectivity index (χ3v) is 4.54. The van der Waals surface area contributed by atoms with E-state index in [-0.39, 0.29) is 0 Å². The van der Waals surface area contributed by atoms with Crippen LogP contribution in [0.4, 0.5) is 0 Å². The summed E-state index contributed by atoms with van der Waals surface area (Å²) in [5.41, 5.74) is 0. The molecule has 100 valence electrons. The van der Waals surface area contributed by atoms with Crippen molar-refractivity contribution in [1.82, 2.24) is 15.1 Å². The second-order valence-corrected chi connectivity index (χ2v) is 6.07. The van der Waals surface area contributed by atoms with E-state index in [1.807, 2.05) is 0 Å². The molecule has 0 aliphatic carbocycles. The van der Waals surface area contributed by atoms with Gasteiger partial charge < -0.3 is 15.1 Å². The maximum absolute atomic E-state index is 3.76. The Morgan fingerprint density at radius 3 is 2.00 bits per heavy atom. The summed E-state index contributed by atoms with van der Waals surface area (Å²) in [5.74, 6) is 0.977. The van der Waals surface area contributed by atoms with Crippen LogP contribution in [0.1, 0.15) is 32.1 Å². The van der Waals surface area contributed by atoms with Gasteiger partial charge in [-0.1, -0.05) is 0 Å². The normalized spacial score (nSPS) is 26.5. The van der Waals surface area contributed by atoms with Gasteiger partial charge in [0.25, 0.3) is 0 Å². The Bertz CT molecular complexity index is 182. The van der Waals surface area contributed by atoms with E-state index >= 15 is 0 Å². The number of hydrogen-bond donors (Lipinski definition) is 1. The van der Waals surface area contributed by atoms with Crippen molar-refractivity contribution >= 4 is 0 Å². The molecule has 2 heterocycles. The van der Waals surface area contributed by atoms with Crippen LogP contribution in [0.3, 0.4) is 0 Å². The van der Waals surface area contributed by atoms with E-state index in [0.29, 0.717) is 0 Å². The van der Waals surface area contributed by atoms with Crippen molar-refractivity contribution in [2.45, 2.75) is 38.1 Å². The minimum absolute atomic E-state index is 0.789. The number of piperidine rings is 2. The van der Waals surface area contributed by atoms with Crippen LogP contribution in [-0.4, -0.2) is 62.7 Å². The summed E-state index contributed by atoms with van der Waals surface area (Å²) in [6, 6.07) is 0.789. The Kier molecular flexibility index (Phi) is 5.26. The zero-order valence-corrected chi connectivity index (χ0v) is 11.6. The van der Waals surface area contributed by atoms with Gasteiger partial charge in [-0.15, -0.1) is 0 Å². The molecule has 0 aromatic heterocycles. The van der Waals surface area contributed by atoms with Gasteiger partial charge in [-0.2, -0.15) is 0 Å². The minimum atomic E-state index is 0.789. The van der Waals surface area contributed by atoms with Crippen LogP contribution < -0.4 is 5.32 Å². The summed E-state index contributed by atoms with van der Waals surface area (Å²) in [5, 5.41) is 3.76. The van der Waals surface area contributed by atoms with Crippen LogP contribution in [0.5, 0.6) is 0 Å². The molecule has 0 saturated carbocycles. The molecule has 1 N–H and O–H groups in total. The largest absolute Gasteiger partial charge is 0.314 e. The molecule has 0 aromatic rings. The van der Waals surface area contributed by atoms with Crippen LogP contribution in [0.2, 0.25) is 0 Å². The summed E-state index contributed by atoms with van der Waals surface area (Å²) in [6.07, 6.45) is 6.88. The van der Waals surface area contributed by atoms with Crippen molar-refractivity contribution in [3.8, 4) is 0 Å². The number of rotatable bonds is 4. The van der Waals surface area contributed by atoms with Crippen molar-refractivity contribution in [3.05, 3.63) is 0 Å². The lowest BCUT2D eigenvalue weighted by Crippen LogP contribution is -2.41. The first-order chi connectivity index (χ1) is 8.24. The molecular weight excluding hydrogens is 210 g/mol. The van der Waals surface area contributed by atoms with Crippen molar-refractivity contribution in [2.75, 3.05) is 46.8 Å². The van der Waals surface area contributed by atoms with E-state index in [1.165, 1.54) is 64.8 Å². The zero-order valence-electron chi connectivity index (χ0n) is 11.6. The average molecular weight is 239 g/mol. The van der Waals surface area contributed by atoms with Crippen LogP contribution in [-0.2, 0) is 0 Å². The lowest BCUT2D eigenvalue weighted by atomic mass is 9.93. The number of nitrogens with zero attached hydrogens (tertiary/aromatic N) is 2. The van der Waals surface area contributed by atoms with Crippen LogP contribution in [0.25, 0.3) is 0 Å². The third kappa shape index (κ3) is 4.57. The highest BCUT2D eigenvalue weighted by atomic mass is 15.1. The lowest BCUT2D eigenvalue weighted by Gasteiger charge is -2.31.